The third kappa shape index (κ3) is 3.48. The van der Waals surface area contributed by atoms with E-state index >= 15 is 0 Å². The largest absolute Gasteiger partial charge is 0.455 e. The molecule has 0 aliphatic rings. The molecule has 1 unspecified atom stereocenters. The van der Waals surface area contributed by atoms with Crippen LogP contribution in [0.15, 0.2) is 0 Å². The molecule has 0 saturated carbocycles. The van der Waals surface area contributed by atoms with Gasteiger partial charge in [0.1, 0.15) is 0 Å². The molecule has 0 aromatic heterocycles. The van der Waals surface area contributed by atoms with Crippen LogP contribution in [-0.4, -0.2) is 32.0 Å². The van der Waals surface area contributed by atoms with Gasteiger partial charge in [0.05, 0.1) is 0 Å². The van der Waals surface area contributed by atoms with E-state index < -0.39 is 6.10 Å². The van der Waals surface area contributed by atoms with E-state index in [1.807, 2.05) is 0 Å². The number of hydrogen-bond acceptors (Lipinski definition) is 4. The van der Waals surface area contributed by atoms with Crippen LogP contribution in [0, 0.1) is 5.92 Å². The van der Waals surface area contributed by atoms with Crippen molar-refractivity contribution < 1.29 is 14.3 Å². The molecular formula is C8H15NO3. The summed E-state index contributed by atoms with van der Waals surface area (Å²) in [5.74, 6) is -0.167. The fourth-order valence-electron chi connectivity index (χ4n) is 0.840. The molecule has 0 aliphatic carbocycles. The molecule has 0 rings (SSSR count). The lowest BCUT2D eigenvalue weighted by Gasteiger charge is -2.15. The Balaban J connectivity index is 4.08. The van der Waals surface area contributed by atoms with Gasteiger partial charge in [-0.05, 0) is 7.05 Å². The molecule has 1 atom stereocenters. The molecule has 0 bridgehead atoms. The molecule has 4 nitrogen and oxygen atoms in total. The minimum Gasteiger partial charge on any atom is -0.455 e. The summed E-state index contributed by atoms with van der Waals surface area (Å²) < 4.78 is 4.61. The first-order valence-corrected chi connectivity index (χ1v) is 3.91. The number of carbonyl (C=O) groups is 2. The maximum Gasteiger partial charge on any atom is 0.293 e. The summed E-state index contributed by atoms with van der Waals surface area (Å²) in [6.07, 6.45) is -0.646. The lowest BCUT2D eigenvalue weighted by molar-refractivity contribution is -0.145. The van der Waals surface area contributed by atoms with Gasteiger partial charge in [0.2, 0.25) is 0 Å². The second-order valence-electron chi connectivity index (χ2n) is 2.84. The molecule has 0 heterocycles. The normalized spacial score (nSPS) is 12.7. The van der Waals surface area contributed by atoms with Crippen molar-refractivity contribution in [3.8, 4) is 0 Å². The van der Waals surface area contributed by atoms with Gasteiger partial charge in [-0.3, -0.25) is 9.59 Å². The summed E-state index contributed by atoms with van der Waals surface area (Å²) in [7, 11) is 1.70. The molecule has 4 heteroatoms. The summed E-state index contributed by atoms with van der Waals surface area (Å²) >= 11 is 0. The van der Waals surface area contributed by atoms with Crippen molar-refractivity contribution in [2.45, 2.75) is 20.0 Å². The Hall–Kier alpha value is -0.900. The number of hydrogen-bond donors (Lipinski definition) is 1. The first-order chi connectivity index (χ1) is 5.63. The Morgan fingerprint density at radius 2 is 2.17 bits per heavy atom. The van der Waals surface area contributed by atoms with Crippen LogP contribution in [0.1, 0.15) is 13.8 Å². The van der Waals surface area contributed by atoms with Crippen LogP contribution in [0.25, 0.3) is 0 Å². The van der Waals surface area contributed by atoms with Crippen molar-refractivity contribution in [3.63, 3.8) is 0 Å². The minimum absolute atomic E-state index is 0.0588. The highest BCUT2D eigenvalue weighted by atomic mass is 16.5. The number of carbonyl (C=O) groups excluding carboxylic acids is 2. The van der Waals surface area contributed by atoms with Crippen LogP contribution >= 0.6 is 0 Å². The summed E-state index contributed by atoms with van der Waals surface area (Å²) in [4.78, 5) is 21.3. The number of ether oxygens (including phenoxy) is 1. The zero-order chi connectivity index (χ0) is 9.56. The Morgan fingerprint density at radius 1 is 1.58 bits per heavy atom. The highest BCUT2D eigenvalue weighted by molar-refractivity contribution is 5.85. The molecule has 0 radical (unpaired) electrons. The topological polar surface area (TPSA) is 55.4 Å². The summed E-state index contributed by atoms with van der Waals surface area (Å²) in [5, 5.41) is 2.78. The predicted octanol–water partition coefficient (Wildman–Crippen LogP) is -0.0275. The number of Topliss-reactive ketones (excluding diaryl/α,β-unsaturated/α-hetero) is 1. The van der Waals surface area contributed by atoms with Crippen LogP contribution in [-0.2, 0) is 14.3 Å². The third-order valence-electron chi connectivity index (χ3n) is 1.50. The van der Waals surface area contributed by atoms with Crippen molar-refractivity contribution in [2.24, 2.45) is 5.92 Å². The Kier molecular flexibility index (Phi) is 5.28. The van der Waals surface area contributed by atoms with E-state index in [1.165, 1.54) is 0 Å². The predicted molar refractivity (Wildman–Crippen MR) is 44.7 cm³/mol. The molecule has 12 heavy (non-hydrogen) atoms. The summed E-state index contributed by atoms with van der Waals surface area (Å²) in [6, 6.07) is 0. The zero-order valence-corrected chi connectivity index (χ0v) is 7.66. The number of likely N-dealkylation sites (N-methyl/N-ethyl adjacent to an activating group) is 1. The van der Waals surface area contributed by atoms with Crippen LogP contribution in [0.5, 0.6) is 0 Å². The number of ketones is 1. The van der Waals surface area contributed by atoms with E-state index in [9.17, 15) is 9.59 Å². The van der Waals surface area contributed by atoms with Crippen LogP contribution in [0.2, 0.25) is 0 Å². The van der Waals surface area contributed by atoms with Gasteiger partial charge in [0.25, 0.3) is 6.47 Å². The van der Waals surface area contributed by atoms with Gasteiger partial charge in [-0.25, -0.2) is 0 Å². The summed E-state index contributed by atoms with van der Waals surface area (Å²) in [6.45, 7) is 4.23. The van der Waals surface area contributed by atoms with E-state index in [2.05, 4.69) is 10.1 Å². The van der Waals surface area contributed by atoms with E-state index in [4.69, 9.17) is 0 Å². The Labute approximate surface area is 72.3 Å². The first kappa shape index (κ1) is 11.1. The molecule has 0 fully saturated rings. The highest BCUT2D eigenvalue weighted by Gasteiger charge is 2.21. The monoisotopic (exact) mass is 173 g/mol. The fraction of sp³-hybridized carbons (Fsp3) is 0.750. The van der Waals surface area contributed by atoms with Crippen LogP contribution in [0.3, 0.4) is 0 Å². The lowest BCUT2D eigenvalue weighted by Crippen LogP contribution is -2.36. The average Bonchev–Trinajstić information content (AvgIpc) is 2.03. The number of nitrogens with one attached hydrogen (secondary N) is 1. The van der Waals surface area contributed by atoms with E-state index in [-0.39, 0.29) is 11.7 Å². The van der Waals surface area contributed by atoms with Crippen molar-refractivity contribution >= 4 is 12.3 Å². The van der Waals surface area contributed by atoms with Gasteiger partial charge in [-0.1, -0.05) is 13.8 Å². The smallest absolute Gasteiger partial charge is 0.293 e. The van der Waals surface area contributed by atoms with Crippen LogP contribution in [0.4, 0.5) is 0 Å². The fourth-order valence-corrected chi connectivity index (χ4v) is 0.840. The molecular weight excluding hydrogens is 158 g/mol. The standard InChI is InChI=1S/C8H15NO3/c1-6(2)8(11)7(4-9-3)12-5-10/h5-7,9H,4H2,1-3H3. The van der Waals surface area contributed by atoms with Crippen molar-refractivity contribution in [3.05, 3.63) is 0 Å². The molecule has 0 aromatic carbocycles. The van der Waals surface area contributed by atoms with E-state index in [0.717, 1.165) is 0 Å². The quantitative estimate of drug-likeness (QED) is 0.573. The Bertz CT molecular complexity index is 156. The van der Waals surface area contributed by atoms with Crippen molar-refractivity contribution in [1.82, 2.24) is 5.32 Å². The molecule has 0 aromatic rings. The molecule has 1 N–H and O–H groups in total. The molecule has 0 saturated heterocycles. The number of rotatable bonds is 6. The van der Waals surface area contributed by atoms with Gasteiger partial charge in [0, 0.05) is 12.5 Å². The van der Waals surface area contributed by atoms with Gasteiger partial charge >= 0.3 is 0 Å². The second-order valence-corrected chi connectivity index (χ2v) is 2.84. The van der Waals surface area contributed by atoms with E-state index in [1.54, 1.807) is 20.9 Å². The molecule has 70 valence electrons. The van der Waals surface area contributed by atoms with Gasteiger partial charge in [0.15, 0.2) is 11.9 Å². The van der Waals surface area contributed by atoms with Gasteiger partial charge in [-0.2, -0.15) is 0 Å². The zero-order valence-electron chi connectivity index (χ0n) is 7.66. The highest BCUT2D eigenvalue weighted by Crippen LogP contribution is 2.01. The lowest BCUT2D eigenvalue weighted by atomic mass is 10.0. The van der Waals surface area contributed by atoms with Gasteiger partial charge < -0.3 is 10.1 Å². The maximum absolute atomic E-state index is 11.3. The summed E-state index contributed by atoms with van der Waals surface area (Å²) in [5.41, 5.74) is 0. The SMILES string of the molecule is CNCC(OC=O)C(=O)C(C)C. The first-order valence-electron chi connectivity index (χ1n) is 3.91. The van der Waals surface area contributed by atoms with Gasteiger partial charge in [-0.15, -0.1) is 0 Å². The van der Waals surface area contributed by atoms with Crippen molar-refractivity contribution in [1.29, 1.82) is 0 Å². The van der Waals surface area contributed by atoms with Crippen molar-refractivity contribution in [2.75, 3.05) is 13.6 Å². The van der Waals surface area contributed by atoms with Crippen LogP contribution < -0.4 is 5.32 Å². The maximum atomic E-state index is 11.3. The molecule has 0 spiro atoms. The molecule has 0 amide bonds. The van der Waals surface area contributed by atoms with E-state index in [0.29, 0.717) is 13.0 Å². The Morgan fingerprint density at radius 3 is 2.50 bits per heavy atom. The second kappa shape index (κ2) is 5.71. The third-order valence-corrected chi connectivity index (χ3v) is 1.50. The average molecular weight is 173 g/mol. The molecule has 0 aliphatic heterocycles. The minimum atomic E-state index is -0.646.